The molecule has 11 nitrogen and oxygen atoms in total. The van der Waals surface area contributed by atoms with Gasteiger partial charge < -0.3 is 34.3 Å². The number of nitrogens with one attached hydrogen (secondary N) is 2. The number of morpholine rings is 1. The van der Waals surface area contributed by atoms with Crippen molar-refractivity contribution in [1.82, 2.24) is 29.7 Å². The van der Waals surface area contributed by atoms with Gasteiger partial charge in [-0.05, 0) is 44.4 Å². The van der Waals surface area contributed by atoms with Crippen LogP contribution in [-0.2, 0) is 24.8 Å². The summed E-state index contributed by atoms with van der Waals surface area (Å²) < 4.78 is 31.6. The lowest BCUT2D eigenvalue weighted by atomic mass is 10.1. The normalized spacial score (nSPS) is 21.8. The predicted molar refractivity (Wildman–Crippen MR) is 142 cm³/mol. The van der Waals surface area contributed by atoms with Crippen LogP contribution < -0.4 is 5.32 Å². The van der Waals surface area contributed by atoms with Crippen LogP contribution in [0.2, 0.25) is 0 Å². The van der Waals surface area contributed by atoms with Crippen molar-refractivity contribution < 1.29 is 23.4 Å². The van der Waals surface area contributed by atoms with Gasteiger partial charge in [0.25, 0.3) is 5.91 Å². The fourth-order valence-corrected chi connectivity index (χ4v) is 4.45. The number of anilines is 1. The highest BCUT2D eigenvalue weighted by molar-refractivity contribution is 5.86. The summed E-state index contributed by atoms with van der Waals surface area (Å²) in [6, 6.07) is 7.76. The second-order valence-corrected chi connectivity index (χ2v) is 10.1. The van der Waals surface area contributed by atoms with Crippen LogP contribution in [0.1, 0.15) is 12.7 Å². The minimum absolute atomic E-state index is 0.110. The van der Waals surface area contributed by atoms with Crippen LogP contribution in [-0.4, -0.2) is 102 Å². The van der Waals surface area contributed by atoms with Gasteiger partial charge in [0.2, 0.25) is 5.95 Å². The first-order valence-corrected chi connectivity index (χ1v) is 13.1. The molecular formula is C27H34FN7O4. The van der Waals surface area contributed by atoms with Crippen molar-refractivity contribution in [3.63, 3.8) is 0 Å². The number of hydrogen-bond acceptors (Lipinski definition) is 9. The van der Waals surface area contributed by atoms with Crippen molar-refractivity contribution in [2.45, 2.75) is 12.7 Å². The highest BCUT2D eigenvalue weighted by atomic mass is 19.1. The fraction of sp³-hybridized carbons (Fsp3) is 0.481. The third-order valence-electron chi connectivity index (χ3n) is 6.61. The summed E-state index contributed by atoms with van der Waals surface area (Å²) >= 11 is 0. The molecule has 2 fully saturated rings. The highest BCUT2D eigenvalue weighted by Crippen LogP contribution is 2.38. The van der Waals surface area contributed by atoms with Crippen LogP contribution in [0.25, 0.3) is 22.6 Å². The third-order valence-corrected chi connectivity index (χ3v) is 6.61. The Kier molecular flexibility index (Phi) is 8.17. The summed E-state index contributed by atoms with van der Waals surface area (Å²) in [5.41, 5.74) is 2.22. The van der Waals surface area contributed by atoms with Crippen molar-refractivity contribution in [2.24, 2.45) is 5.92 Å². The molecule has 39 heavy (non-hydrogen) atoms. The molecule has 0 atom stereocenters. The summed E-state index contributed by atoms with van der Waals surface area (Å²) in [5, 5.41) is 3.23. The first-order chi connectivity index (χ1) is 18.9. The van der Waals surface area contributed by atoms with Gasteiger partial charge in [0.1, 0.15) is 5.82 Å². The van der Waals surface area contributed by atoms with Crippen LogP contribution in [0.5, 0.6) is 0 Å². The van der Waals surface area contributed by atoms with Crippen molar-refractivity contribution in [3.05, 3.63) is 48.2 Å². The van der Waals surface area contributed by atoms with Gasteiger partial charge in [-0.3, -0.25) is 4.79 Å². The molecular weight excluding hydrogens is 505 g/mol. The monoisotopic (exact) mass is 539 g/mol. The van der Waals surface area contributed by atoms with E-state index in [9.17, 15) is 9.18 Å². The molecule has 0 radical (unpaired) electrons. The number of likely N-dealkylation sites (N-methyl/N-ethyl adjacent to an activating group) is 1. The van der Waals surface area contributed by atoms with E-state index in [1.165, 1.54) is 12.1 Å². The van der Waals surface area contributed by atoms with E-state index >= 15 is 0 Å². The highest BCUT2D eigenvalue weighted by Gasteiger charge is 2.51. The number of imidazole rings is 1. The Labute approximate surface area is 226 Å². The van der Waals surface area contributed by atoms with Crippen LogP contribution in [0, 0.1) is 11.7 Å². The van der Waals surface area contributed by atoms with E-state index < -0.39 is 5.79 Å². The predicted octanol–water partition coefficient (Wildman–Crippen LogP) is 2.34. The van der Waals surface area contributed by atoms with Crippen LogP contribution in [0.15, 0.2) is 36.5 Å². The fourth-order valence-electron chi connectivity index (χ4n) is 4.45. The Morgan fingerprint density at radius 2 is 1.87 bits per heavy atom. The minimum Gasteiger partial charge on any atom is -0.378 e. The largest absolute Gasteiger partial charge is 0.378 e. The van der Waals surface area contributed by atoms with E-state index in [2.05, 4.69) is 20.2 Å². The van der Waals surface area contributed by atoms with Gasteiger partial charge in [0, 0.05) is 43.9 Å². The number of H-pyrrole nitrogens is 1. The zero-order chi connectivity index (χ0) is 27.4. The Balaban J connectivity index is 1.58. The molecule has 208 valence electrons. The molecule has 2 N–H and O–H groups in total. The van der Waals surface area contributed by atoms with Crippen molar-refractivity contribution in [1.29, 1.82) is 0 Å². The molecule has 0 bridgehead atoms. The summed E-state index contributed by atoms with van der Waals surface area (Å²) in [6.07, 6.45) is 1.65. The van der Waals surface area contributed by atoms with Crippen molar-refractivity contribution in [3.8, 4) is 22.6 Å². The number of carbonyl (C=O) groups is 1. The van der Waals surface area contributed by atoms with Crippen LogP contribution in [0.3, 0.4) is 0 Å². The molecule has 1 amide bonds. The van der Waals surface area contributed by atoms with Gasteiger partial charge in [-0.25, -0.2) is 19.3 Å². The Hall–Kier alpha value is -3.45. The van der Waals surface area contributed by atoms with Gasteiger partial charge in [-0.1, -0.05) is 6.92 Å². The maximum Gasteiger partial charge on any atom is 0.310 e. The van der Waals surface area contributed by atoms with Gasteiger partial charge >= 0.3 is 5.79 Å². The lowest BCUT2D eigenvalue weighted by Gasteiger charge is -2.40. The standard InChI is InChI=1S/C27H34FN7O4/c1-18-16-38-27(39-17-18,25(36)35-12-14-37-15-13-35)24-32-22(19-4-6-20(28)7-5-19)23(33-24)21-8-9-29-26(31-21)30-10-11-34(2)3/h4-9,18H,10-17H2,1-3H3,(H,32,33)(H,29,30,31). The van der Waals surface area contributed by atoms with E-state index in [0.717, 1.165) is 6.54 Å². The lowest BCUT2D eigenvalue weighted by Crippen LogP contribution is -2.56. The molecule has 4 heterocycles. The average Bonchev–Trinajstić information content (AvgIpc) is 3.40. The molecule has 3 aromatic rings. The summed E-state index contributed by atoms with van der Waals surface area (Å²) in [4.78, 5) is 34.8. The molecule has 1 aromatic carbocycles. The number of aromatic nitrogens is 4. The average molecular weight is 540 g/mol. The van der Waals surface area contributed by atoms with E-state index in [1.807, 2.05) is 21.0 Å². The van der Waals surface area contributed by atoms with Gasteiger partial charge in [-0.2, -0.15) is 0 Å². The first-order valence-electron chi connectivity index (χ1n) is 13.1. The SMILES string of the molecule is CC1COC(C(=O)N2CCOCC2)(c2nc(-c3ccc(F)cc3)c(-c3ccnc(NCCN(C)C)n3)[nH]2)OC1. The molecule has 5 rings (SSSR count). The zero-order valence-corrected chi connectivity index (χ0v) is 22.4. The number of rotatable bonds is 8. The van der Waals surface area contributed by atoms with Gasteiger partial charge in [0.15, 0.2) is 5.82 Å². The van der Waals surface area contributed by atoms with Crippen LogP contribution in [0.4, 0.5) is 10.3 Å². The second-order valence-electron chi connectivity index (χ2n) is 10.1. The molecule has 2 aromatic heterocycles. The number of ether oxygens (including phenoxy) is 3. The molecule has 0 saturated carbocycles. The first kappa shape index (κ1) is 27.1. The zero-order valence-electron chi connectivity index (χ0n) is 22.4. The maximum absolute atomic E-state index is 13.9. The molecule has 0 aliphatic carbocycles. The summed E-state index contributed by atoms with van der Waals surface area (Å²) in [6.45, 7) is 5.84. The smallest absolute Gasteiger partial charge is 0.310 e. The molecule has 0 spiro atoms. The number of nitrogens with zero attached hydrogens (tertiary/aromatic N) is 5. The van der Waals surface area contributed by atoms with E-state index in [0.29, 0.717) is 74.7 Å². The third kappa shape index (κ3) is 5.93. The van der Waals surface area contributed by atoms with Gasteiger partial charge in [-0.15, -0.1) is 0 Å². The Bertz CT molecular complexity index is 1270. The van der Waals surface area contributed by atoms with E-state index in [4.69, 9.17) is 24.2 Å². The number of aromatic amines is 1. The second kappa shape index (κ2) is 11.7. The molecule has 0 unspecified atom stereocenters. The summed E-state index contributed by atoms with van der Waals surface area (Å²) in [5.74, 6) is -1.68. The van der Waals surface area contributed by atoms with Crippen LogP contribution >= 0.6 is 0 Å². The molecule has 2 aliphatic rings. The summed E-state index contributed by atoms with van der Waals surface area (Å²) in [7, 11) is 3.98. The van der Waals surface area contributed by atoms with Gasteiger partial charge in [0.05, 0.1) is 43.5 Å². The van der Waals surface area contributed by atoms with Crippen molar-refractivity contribution >= 4 is 11.9 Å². The molecule has 2 saturated heterocycles. The number of hydrogen-bond donors (Lipinski definition) is 2. The molecule has 12 heteroatoms. The van der Waals surface area contributed by atoms with E-state index in [1.54, 1.807) is 29.3 Å². The number of benzene rings is 1. The maximum atomic E-state index is 13.9. The van der Waals surface area contributed by atoms with Crippen molar-refractivity contribution in [2.75, 3.05) is 72.0 Å². The minimum atomic E-state index is -1.75. The number of carbonyl (C=O) groups excluding carboxylic acids is 1. The lowest BCUT2D eigenvalue weighted by molar-refractivity contribution is -0.284. The Morgan fingerprint density at radius 1 is 1.15 bits per heavy atom. The number of amides is 1. The number of halogens is 1. The Morgan fingerprint density at radius 3 is 2.56 bits per heavy atom. The topological polar surface area (TPSA) is 118 Å². The quantitative estimate of drug-likeness (QED) is 0.445. The molecule has 2 aliphatic heterocycles. The van der Waals surface area contributed by atoms with E-state index in [-0.39, 0.29) is 23.5 Å².